The van der Waals surface area contributed by atoms with E-state index in [1.54, 1.807) is 6.92 Å². The van der Waals surface area contributed by atoms with Crippen LogP contribution in [0.4, 0.5) is 0 Å². The average molecular weight is 163 g/mol. The van der Waals surface area contributed by atoms with Crippen LogP contribution >= 0.6 is 0 Å². The fourth-order valence-corrected chi connectivity index (χ4v) is 0.673. The van der Waals surface area contributed by atoms with Crippen molar-refractivity contribution in [3.05, 3.63) is 35.9 Å². The number of rotatable bonds is 1. The van der Waals surface area contributed by atoms with E-state index >= 15 is 0 Å². The molecule has 1 aliphatic heterocycles. The molecule has 0 atom stereocenters. The Kier molecular flexibility index (Phi) is 3.48. The van der Waals surface area contributed by atoms with Gasteiger partial charge in [-0.15, -0.1) is 0 Å². The van der Waals surface area contributed by atoms with Crippen molar-refractivity contribution in [2.24, 2.45) is 0 Å². The summed E-state index contributed by atoms with van der Waals surface area (Å²) in [5.74, 6) is 0.121. The molecular formula is C10H13NO. The molecule has 1 N–H and O–H groups in total. The summed E-state index contributed by atoms with van der Waals surface area (Å²) in [5.41, 5.74) is 0.775. The highest BCUT2D eigenvalue weighted by Crippen LogP contribution is 1.97. The molecule has 0 aliphatic carbocycles. The van der Waals surface area contributed by atoms with Crippen molar-refractivity contribution in [3.63, 3.8) is 0 Å². The number of ketones is 1. The number of Topliss-reactive ketones (excluding diaryl/α,β-unsaturated/α-hetero) is 1. The number of carbonyl (C=O) groups excluding carboxylic acids is 1. The topological polar surface area (TPSA) is 39.0 Å². The Morgan fingerprint density at radius 3 is 2.00 bits per heavy atom. The molecular weight excluding hydrogens is 150 g/mol. The Hall–Kier alpha value is -1.15. The Balaban J connectivity index is 0.000000200. The van der Waals surface area contributed by atoms with Crippen LogP contribution < -0.4 is 5.32 Å². The highest BCUT2D eigenvalue weighted by molar-refractivity contribution is 5.93. The first-order chi connectivity index (χ1) is 5.80. The molecule has 0 saturated carbocycles. The zero-order chi connectivity index (χ0) is 8.81. The van der Waals surface area contributed by atoms with Crippen LogP contribution in [0.2, 0.25) is 0 Å². The van der Waals surface area contributed by atoms with E-state index in [0.29, 0.717) is 0 Å². The third-order valence-corrected chi connectivity index (χ3v) is 1.43. The maximum Gasteiger partial charge on any atom is 0.159 e. The fraction of sp³-hybridized carbons (Fsp3) is 0.300. The normalized spacial score (nSPS) is 12.8. The molecule has 1 aromatic rings. The molecule has 0 spiro atoms. The third-order valence-electron chi connectivity index (χ3n) is 1.43. The van der Waals surface area contributed by atoms with Gasteiger partial charge in [0.25, 0.3) is 0 Å². The minimum atomic E-state index is 0.121. The summed E-state index contributed by atoms with van der Waals surface area (Å²) in [6.45, 7) is 4.06. The molecule has 0 amide bonds. The van der Waals surface area contributed by atoms with Crippen LogP contribution in [0.15, 0.2) is 30.3 Å². The van der Waals surface area contributed by atoms with Crippen LogP contribution in [0, 0.1) is 0 Å². The van der Waals surface area contributed by atoms with Gasteiger partial charge in [-0.05, 0) is 6.92 Å². The van der Waals surface area contributed by atoms with Crippen molar-refractivity contribution in [3.8, 4) is 0 Å². The molecule has 1 saturated heterocycles. The number of hydrogen-bond acceptors (Lipinski definition) is 2. The molecule has 2 nitrogen and oxygen atoms in total. The molecule has 1 aliphatic rings. The van der Waals surface area contributed by atoms with Gasteiger partial charge in [0.05, 0.1) is 0 Å². The maximum absolute atomic E-state index is 10.6. The van der Waals surface area contributed by atoms with E-state index in [-0.39, 0.29) is 5.78 Å². The number of hydrogen-bond donors (Lipinski definition) is 1. The summed E-state index contributed by atoms with van der Waals surface area (Å²) in [6, 6.07) is 9.23. The lowest BCUT2D eigenvalue weighted by molar-refractivity contribution is 0.101. The molecule has 1 aromatic carbocycles. The van der Waals surface area contributed by atoms with Crippen LogP contribution in [0.25, 0.3) is 0 Å². The van der Waals surface area contributed by atoms with Gasteiger partial charge < -0.3 is 5.32 Å². The lowest BCUT2D eigenvalue weighted by atomic mass is 10.2. The van der Waals surface area contributed by atoms with Crippen molar-refractivity contribution in [2.75, 3.05) is 13.1 Å². The third kappa shape index (κ3) is 3.88. The van der Waals surface area contributed by atoms with Gasteiger partial charge in [-0.2, -0.15) is 0 Å². The standard InChI is InChI=1S/C8H8O.C2H5N/c1-7(9)8-5-3-2-4-6-8;1-2-3-1/h2-6H,1H3;3H,1-2H2. The Labute approximate surface area is 72.6 Å². The van der Waals surface area contributed by atoms with Crippen LogP contribution in [0.5, 0.6) is 0 Å². The second kappa shape index (κ2) is 4.67. The highest BCUT2D eigenvalue weighted by Gasteiger charge is 1.92. The Morgan fingerprint density at radius 2 is 1.75 bits per heavy atom. The number of nitrogens with one attached hydrogen (secondary N) is 1. The van der Waals surface area contributed by atoms with Crippen molar-refractivity contribution < 1.29 is 4.79 Å². The minimum absolute atomic E-state index is 0.121. The first-order valence-corrected chi connectivity index (χ1v) is 4.07. The van der Waals surface area contributed by atoms with E-state index in [2.05, 4.69) is 5.32 Å². The second-order valence-electron chi connectivity index (χ2n) is 2.67. The van der Waals surface area contributed by atoms with Crippen molar-refractivity contribution in [1.82, 2.24) is 5.32 Å². The van der Waals surface area contributed by atoms with Crippen LogP contribution in [-0.4, -0.2) is 18.9 Å². The summed E-state index contributed by atoms with van der Waals surface area (Å²) < 4.78 is 0. The van der Waals surface area contributed by atoms with E-state index in [4.69, 9.17) is 0 Å². The molecule has 64 valence electrons. The van der Waals surface area contributed by atoms with Gasteiger partial charge in [0.2, 0.25) is 0 Å². The van der Waals surface area contributed by atoms with E-state index in [1.165, 1.54) is 13.1 Å². The zero-order valence-electron chi connectivity index (χ0n) is 7.21. The van der Waals surface area contributed by atoms with Gasteiger partial charge in [-0.3, -0.25) is 4.79 Å². The fourth-order valence-electron chi connectivity index (χ4n) is 0.673. The molecule has 0 bridgehead atoms. The summed E-state index contributed by atoms with van der Waals surface area (Å²) in [4.78, 5) is 10.6. The molecule has 0 aromatic heterocycles. The van der Waals surface area contributed by atoms with Crippen LogP contribution in [0.3, 0.4) is 0 Å². The zero-order valence-corrected chi connectivity index (χ0v) is 7.21. The van der Waals surface area contributed by atoms with Crippen LogP contribution in [-0.2, 0) is 0 Å². The molecule has 1 fully saturated rings. The van der Waals surface area contributed by atoms with Crippen molar-refractivity contribution >= 4 is 5.78 Å². The summed E-state index contributed by atoms with van der Waals surface area (Å²) in [5, 5.41) is 3.00. The number of carbonyl (C=O) groups is 1. The van der Waals surface area contributed by atoms with E-state index in [1.807, 2.05) is 30.3 Å². The molecule has 12 heavy (non-hydrogen) atoms. The summed E-state index contributed by atoms with van der Waals surface area (Å²) >= 11 is 0. The Bertz CT molecular complexity index is 239. The smallest absolute Gasteiger partial charge is 0.159 e. The van der Waals surface area contributed by atoms with E-state index in [0.717, 1.165) is 5.56 Å². The van der Waals surface area contributed by atoms with Crippen molar-refractivity contribution in [1.29, 1.82) is 0 Å². The van der Waals surface area contributed by atoms with E-state index < -0.39 is 0 Å². The number of benzene rings is 1. The van der Waals surface area contributed by atoms with E-state index in [9.17, 15) is 4.79 Å². The molecule has 2 heteroatoms. The van der Waals surface area contributed by atoms with Gasteiger partial charge in [0, 0.05) is 18.7 Å². The van der Waals surface area contributed by atoms with Crippen molar-refractivity contribution in [2.45, 2.75) is 6.92 Å². The predicted octanol–water partition coefficient (Wildman–Crippen LogP) is 1.48. The van der Waals surface area contributed by atoms with Gasteiger partial charge in [0.15, 0.2) is 5.78 Å². The van der Waals surface area contributed by atoms with Gasteiger partial charge in [-0.1, -0.05) is 30.3 Å². The van der Waals surface area contributed by atoms with Gasteiger partial charge >= 0.3 is 0 Å². The maximum atomic E-state index is 10.6. The summed E-state index contributed by atoms with van der Waals surface area (Å²) in [7, 11) is 0. The monoisotopic (exact) mass is 163 g/mol. The minimum Gasteiger partial charge on any atom is -0.314 e. The molecule has 1 heterocycles. The van der Waals surface area contributed by atoms with Gasteiger partial charge in [0.1, 0.15) is 0 Å². The Morgan fingerprint density at radius 1 is 1.25 bits per heavy atom. The quantitative estimate of drug-likeness (QED) is 0.503. The van der Waals surface area contributed by atoms with Crippen LogP contribution in [0.1, 0.15) is 17.3 Å². The largest absolute Gasteiger partial charge is 0.314 e. The second-order valence-corrected chi connectivity index (χ2v) is 2.67. The lowest BCUT2D eigenvalue weighted by Crippen LogP contribution is -1.88. The molecule has 0 unspecified atom stereocenters. The highest BCUT2D eigenvalue weighted by atomic mass is 16.1. The lowest BCUT2D eigenvalue weighted by Gasteiger charge is -1.89. The first-order valence-electron chi connectivity index (χ1n) is 4.07. The average Bonchev–Trinajstić information content (AvgIpc) is 2.92. The molecule has 0 radical (unpaired) electrons. The first kappa shape index (κ1) is 8.94. The van der Waals surface area contributed by atoms with Gasteiger partial charge in [-0.25, -0.2) is 0 Å². The molecule has 2 rings (SSSR count). The summed E-state index contributed by atoms with van der Waals surface area (Å²) in [6.07, 6.45) is 0. The SMILES string of the molecule is C1CN1.CC(=O)c1ccccc1. The predicted molar refractivity (Wildman–Crippen MR) is 49.3 cm³/mol.